The third-order valence-corrected chi connectivity index (χ3v) is 3.58. The minimum absolute atomic E-state index is 0.217. The Morgan fingerprint density at radius 2 is 2.14 bits per heavy atom. The van der Waals surface area contributed by atoms with Crippen LogP contribution in [0.25, 0.3) is 6.08 Å². The van der Waals surface area contributed by atoms with Crippen LogP contribution in [0.15, 0.2) is 30.3 Å². The molecular formula is C12H14OS. The van der Waals surface area contributed by atoms with Crippen LogP contribution in [-0.4, -0.2) is 16.1 Å². The van der Waals surface area contributed by atoms with Crippen molar-refractivity contribution in [1.82, 2.24) is 0 Å². The fraction of sp³-hybridized carbons (Fsp3) is 0.333. The summed E-state index contributed by atoms with van der Waals surface area (Å²) in [6.07, 6.45) is 3.86. The van der Waals surface area contributed by atoms with Gasteiger partial charge in [0.1, 0.15) is 0 Å². The van der Waals surface area contributed by atoms with Gasteiger partial charge in [0.05, 0.1) is 11.4 Å². The normalized spacial score (nSPS) is 24.7. The summed E-state index contributed by atoms with van der Waals surface area (Å²) in [5.74, 6) is 1.04. The molecule has 0 heterocycles. The zero-order chi connectivity index (χ0) is 9.97. The molecule has 0 aliphatic heterocycles. The average molecular weight is 206 g/mol. The maximum absolute atomic E-state index is 10.1. The van der Waals surface area contributed by atoms with Crippen LogP contribution in [0.4, 0.5) is 0 Å². The molecule has 1 nitrogen and oxygen atoms in total. The highest BCUT2D eigenvalue weighted by Gasteiger charge is 2.23. The lowest BCUT2D eigenvalue weighted by atomic mass is 9.95. The van der Waals surface area contributed by atoms with Crippen LogP contribution in [0.3, 0.4) is 0 Å². The number of hydrogen-bond donors (Lipinski definition) is 1. The Kier molecular flexibility index (Phi) is 2.94. The van der Waals surface area contributed by atoms with E-state index in [1.54, 1.807) is 11.8 Å². The summed E-state index contributed by atoms with van der Waals surface area (Å²) in [6.45, 7) is 2.12. The Hall–Kier alpha value is -0.730. The molecule has 2 rings (SSSR count). The van der Waals surface area contributed by atoms with E-state index in [0.717, 1.165) is 16.9 Å². The maximum atomic E-state index is 10.1. The first kappa shape index (κ1) is 9.81. The Morgan fingerprint density at radius 1 is 1.36 bits per heavy atom. The molecule has 0 radical (unpaired) electrons. The van der Waals surface area contributed by atoms with Gasteiger partial charge in [0.15, 0.2) is 0 Å². The number of rotatable bonds is 2. The Bertz CT molecular complexity index is 346. The van der Waals surface area contributed by atoms with Crippen molar-refractivity contribution in [2.75, 3.05) is 5.75 Å². The van der Waals surface area contributed by atoms with Crippen molar-refractivity contribution in [2.24, 2.45) is 0 Å². The van der Waals surface area contributed by atoms with Crippen molar-refractivity contribution in [2.45, 2.75) is 18.3 Å². The van der Waals surface area contributed by atoms with E-state index in [9.17, 15) is 5.11 Å². The van der Waals surface area contributed by atoms with Gasteiger partial charge < -0.3 is 5.11 Å². The molecule has 1 aromatic rings. The summed E-state index contributed by atoms with van der Waals surface area (Å²) in [5, 5.41) is 10.3. The third-order valence-electron chi connectivity index (χ3n) is 2.45. The Labute approximate surface area is 88.8 Å². The molecule has 2 atom stereocenters. The van der Waals surface area contributed by atoms with Gasteiger partial charge >= 0.3 is 0 Å². The smallest absolute Gasteiger partial charge is 0.0949 e. The second kappa shape index (κ2) is 4.20. The van der Waals surface area contributed by atoms with Crippen molar-refractivity contribution in [1.29, 1.82) is 0 Å². The van der Waals surface area contributed by atoms with Gasteiger partial charge in [-0.2, -0.15) is 11.8 Å². The number of hydrogen-bond acceptors (Lipinski definition) is 2. The monoisotopic (exact) mass is 206 g/mol. The molecular weight excluding hydrogens is 192 g/mol. The first-order valence-corrected chi connectivity index (χ1v) is 5.94. The van der Waals surface area contributed by atoms with E-state index in [1.807, 2.05) is 24.3 Å². The lowest BCUT2D eigenvalue weighted by Gasteiger charge is -2.24. The first-order chi connectivity index (χ1) is 6.83. The van der Waals surface area contributed by atoms with Gasteiger partial charge in [-0.3, -0.25) is 0 Å². The molecule has 0 aromatic heterocycles. The molecule has 2 heteroatoms. The molecule has 14 heavy (non-hydrogen) atoms. The van der Waals surface area contributed by atoms with Crippen molar-refractivity contribution in [3.05, 3.63) is 41.5 Å². The lowest BCUT2D eigenvalue weighted by Crippen LogP contribution is -2.17. The second-order valence-electron chi connectivity index (χ2n) is 3.35. The Balaban J connectivity index is 2.30. The molecule has 0 spiro atoms. The van der Waals surface area contributed by atoms with Crippen molar-refractivity contribution < 1.29 is 5.11 Å². The fourth-order valence-corrected chi connectivity index (χ4v) is 2.66. The summed E-state index contributed by atoms with van der Waals surface area (Å²) in [4.78, 5) is 0. The highest BCUT2D eigenvalue weighted by molar-refractivity contribution is 8.00. The van der Waals surface area contributed by atoms with Gasteiger partial charge in [0, 0.05) is 0 Å². The predicted octanol–water partition coefficient (Wildman–Crippen LogP) is 2.87. The predicted molar refractivity (Wildman–Crippen MR) is 62.4 cm³/mol. The van der Waals surface area contributed by atoms with Gasteiger partial charge in [0.2, 0.25) is 0 Å². The maximum Gasteiger partial charge on any atom is 0.0949 e. The molecule has 0 bridgehead atoms. The van der Waals surface area contributed by atoms with E-state index >= 15 is 0 Å². The highest BCUT2D eigenvalue weighted by Crippen LogP contribution is 2.34. The summed E-state index contributed by atoms with van der Waals surface area (Å²) in [5.41, 5.74) is 2.20. The topological polar surface area (TPSA) is 20.2 Å². The summed E-state index contributed by atoms with van der Waals surface area (Å²) in [6, 6.07) is 8.03. The molecule has 0 saturated heterocycles. The van der Waals surface area contributed by atoms with Gasteiger partial charge in [0.25, 0.3) is 0 Å². The van der Waals surface area contributed by atoms with Crippen molar-refractivity contribution >= 4 is 17.8 Å². The molecule has 1 aliphatic carbocycles. The van der Waals surface area contributed by atoms with Crippen LogP contribution in [0.5, 0.6) is 0 Å². The van der Waals surface area contributed by atoms with E-state index in [1.165, 1.54) is 0 Å². The SMILES string of the molecule is CCS[C@H]1C=Cc2ccccc2[C@H]1O. The van der Waals surface area contributed by atoms with E-state index in [4.69, 9.17) is 0 Å². The molecule has 0 saturated carbocycles. The van der Waals surface area contributed by atoms with Crippen LogP contribution < -0.4 is 0 Å². The van der Waals surface area contributed by atoms with Crippen LogP contribution in [0.2, 0.25) is 0 Å². The quantitative estimate of drug-likeness (QED) is 0.803. The molecule has 1 N–H and O–H groups in total. The molecule has 1 aliphatic rings. The molecule has 1 aromatic carbocycles. The van der Waals surface area contributed by atoms with Gasteiger partial charge in [-0.15, -0.1) is 0 Å². The number of aliphatic hydroxyl groups is 1. The molecule has 0 fully saturated rings. The van der Waals surface area contributed by atoms with Gasteiger partial charge in [-0.1, -0.05) is 43.3 Å². The van der Waals surface area contributed by atoms with Crippen LogP contribution >= 0.6 is 11.8 Å². The molecule has 0 amide bonds. The number of aliphatic hydroxyl groups excluding tert-OH is 1. The largest absolute Gasteiger partial charge is 0.387 e. The first-order valence-electron chi connectivity index (χ1n) is 4.89. The van der Waals surface area contributed by atoms with Crippen LogP contribution in [0, 0.1) is 0 Å². The van der Waals surface area contributed by atoms with Gasteiger partial charge in [-0.25, -0.2) is 0 Å². The summed E-state index contributed by atoms with van der Waals surface area (Å²) < 4.78 is 0. The van der Waals surface area contributed by atoms with E-state index in [-0.39, 0.29) is 11.4 Å². The van der Waals surface area contributed by atoms with Gasteiger partial charge in [-0.05, 0) is 16.9 Å². The van der Waals surface area contributed by atoms with Crippen LogP contribution in [-0.2, 0) is 0 Å². The van der Waals surface area contributed by atoms with E-state index in [2.05, 4.69) is 19.1 Å². The standard InChI is InChI=1S/C12H14OS/c1-2-14-11-8-7-9-5-3-4-6-10(9)12(11)13/h3-8,11-13H,2H2,1H3/t11-,12+/m0/s1. The van der Waals surface area contributed by atoms with Crippen molar-refractivity contribution in [3.63, 3.8) is 0 Å². The minimum Gasteiger partial charge on any atom is -0.387 e. The Morgan fingerprint density at radius 3 is 2.93 bits per heavy atom. The zero-order valence-corrected chi connectivity index (χ0v) is 9.00. The molecule has 0 unspecified atom stereocenters. The molecule has 74 valence electrons. The average Bonchev–Trinajstić information content (AvgIpc) is 2.23. The number of thioether (sulfide) groups is 1. The number of fused-ring (bicyclic) bond motifs is 1. The second-order valence-corrected chi connectivity index (χ2v) is 4.81. The summed E-state index contributed by atoms with van der Waals surface area (Å²) in [7, 11) is 0. The minimum atomic E-state index is -0.346. The van der Waals surface area contributed by atoms with Crippen molar-refractivity contribution in [3.8, 4) is 0 Å². The highest BCUT2D eigenvalue weighted by atomic mass is 32.2. The lowest BCUT2D eigenvalue weighted by molar-refractivity contribution is 0.185. The van der Waals surface area contributed by atoms with Crippen LogP contribution in [0.1, 0.15) is 24.2 Å². The fourth-order valence-electron chi connectivity index (χ4n) is 1.75. The number of benzene rings is 1. The summed E-state index contributed by atoms with van der Waals surface area (Å²) >= 11 is 1.79. The third kappa shape index (κ3) is 1.72. The van der Waals surface area contributed by atoms with E-state index in [0.29, 0.717) is 0 Å². The zero-order valence-electron chi connectivity index (χ0n) is 8.18. The van der Waals surface area contributed by atoms with E-state index < -0.39 is 0 Å².